The zero-order valence-corrected chi connectivity index (χ0v) is 15.2. The lowest BCUT2D eigenvalue weighted by Gasteiger charge is -2.24. The Morgan fingerprint density at radius 2 is 1.69 bits per heavy atom. The first-order chi connectivity index (χ1) is 12.6. The number of urea groups is 1. The molecule has 3 N–H and O–H groups in total. The van der Waals surface area contributed by atoms with Crippen molar-refractivity contribution < 1.29 is 14.7 Å². The number of hydrogen-bond donors (Lipinski definition) is 3. The number of hydrogen-bond acceptors (Lipinski definition) is 4. The maximum atomic E-state index is 12.6. The second-order valence-electron chi connectivity index (χ2n) is 6.07. The number of amides is 3. The highest BCUT2D eigenvalue weighted by Crippen LogP contribution is 2.22. The number of aliphatic hydroxyl groups excluding tert-OH is 1. The van der Waals surface area contributed by atoms with E-state index in [-0.39, 0.29) is 18.9 Å². The summed E-state index contributed by atoms with van der Waals surface area (Å²) < 4.78 is 0. The minimum absolute atomic E-state index is 0.127. The first-order valence-corrected chi connectivity index (χ1v) is 9.55. The van der Waals surface area contributed by atoms with Crippen molar-refractivity contribution in [2.45, 2.75) is 23.5 Å². The van der Waals surface area contributed by atoms with Gasteiger partial charge in [-0.3, -0.25) is 4.79 Å². The van der Waals surface area contributed by atoms with Gasteiger partial charge in [0.1, 0.15) is 6.04 Å². The smallest absolute Gasteiger partial charge is 0.322 e. The van der Waals surface area contributed by atoms with Gasteiger partial charge in [-0.1, -0.05) is 18.2 Å². The number of carbonyl (C=O) groups is 2. The number of anilines is 2. The largest absolute Gasteiger partial charge is 0.391 e. The zero-order valence-electron chi connectivity index (χ0n) is 14.4. The van der Waals surface area contributed by atoms with E-state index in [1.807, 2.05) is 48.7 Å². The Morgan fingerprint density at radius 1 is 1.04 bits per heavy atom. The topological polar surface area (TPSA) is 81.7 Å². The second kappa shape index (κ2) is 8.25. The third-order valence-electron chi connectivity index (χ3n) is 4.23. The van der Waals surface area contributed by atoms with Crippen LogP contribution in [-0.2, 0) is 4.79 Å². The van der Waals surface area contributed by atoms with E-state index in [2.05, 4.69) is 10.6 Å². The molecule has 6 nitrogen and oxygen atoms in total. The van der Waals surface area contributed by atoms with E-state index in [1.54, 1.807) is 23.9 Å². The number of para-hydroxylation sites is 1. The van der Waals surface area contributed by atoms with Crippen LogP contribution in [0.3, 0.4) is 0 Å². The van der Waals surface area contributed by atoms with Crippen LogP contribution in [0, 0.1) is 0 Å². The predicted octanol–water partition coefficient (Wildman–Crippen LogP) is 3.01. The zero-order chi connectivity index (χ0) is 18.5. The molecule has 136 valence electrons. The molecule has 1 aliphatic rings. The van der Waals surface area contributed by atoms with E-state index in [4.69, 9.17) is 0 Å². The Labute approximate surface area is 156 Å². The second-order valence-corrected chi connectivity index (χ2v) is 6.95. The summed E-state index contributed by atoms with van der Waals surface area (Å²) in [4.78, 5) is 27.6. The van der Waals surface area contributed by atoms with E-state index >= 15 is 0 Å². The number of nitrogens with one attached hydrogen (secondary N) is 2. The summed E-state index contributed by atoms with van der Waals surface area (Å²) in [5.41, 5.74) is 1.31. The van der Waals surface area contributed by atoms with Crippen LogP contribution in [-0.4, -0.2) is 46.9 Å². The van der Waals surface area contributed by atoms with Crippen LogP contribution in [0.25, 0.3) is 0 Å². The van der Waals surface area contributed by atoms with Crippen molar-refractivity contribution in [2.24, 2.45) is 0 Å². The Bertz CT molecular complexity index is 767. The molecule has 3 amide bonds. The highest BCUT2D eigenvalue weighted by Gasteiger charge is 2.39. The van der Waals surface area contributed by atoms with E-state index < -0.39 is 18.2 Å². The lowest BCUT2D eigenvalue weighted by atomic mass is 10.2. The molecule has 0 saturated carbocycles. The van der Waals surface area contributed by atoms with Crippen molar-refractivity contribution >= 4 is 35.1 Å². The minimum atomic E-state index is -0.717. The monoisotopic (exact) mass is 371 g/mol. The standard InChI is InChI=1S/C19H21N3O3S/c1-26-16-9-7-14(8-10-16)20-18(24)17-11-15(23)12-22(17)19(25)21-13-5-3-2-4-6-13/h2-10,15,17,23H,11-12H2,1H3,(H,20,24)(H,21,25). The number of benzene rings is 2. The van der Waals surface area contributed by atoms with Crippen LogP contribution >= 0.6 is 11.8 Å². The van der Waals surface area contributed by atoms with Gasteiger partial charge >= 0.3 is 6.03 Å². The predicted molar refractivity (Wildman–Crippen MR) is 103 cm³/mol. The van der Waals surface area contributed by atoms with E-state index in [0.717, 1.165) is 4.90 Å². The van der Waals surface area contributed by atoms with Gasteiger partial charge in [-0.2, -0.15) is 0 Å². The Kier molecular flexibility index (Phi) is 5.80. The molecule has 0 radical (unpaired) electrons. The molecule has 2 aromatic rings. The fourth-order valence-electron chi connectivity index (χ4n) is 2.90. The molecule has 0 spiro atoms. The summed E-state index contributed by atoms with van der Waals surface area (Å²) in [5, 5.41) is 15.5. The van der Waals surface area contributed by atoms with Crippen LogP contribution in [0.2, 0.25) is 0 Å². The summed E-state index contributed by atoms with van der Waals surface area (Å²) in [6, 6.07) is 15.4. The lowest BCUT2D eigenvalue weighted by molar-refractivity contribution is -0.119. The fourth-order valence-corrected chi connectivity index (χ4v) is 3.31. The van der Waals surface area contributed by atoms with Crippen molar-refractivity contribution in [3.8, 4) is 0 Å². The number of β-amino-alcohol motifs (C(OH)–C–C–N with tert-alkyl or cyclic N) is 1. The molecule has 2 atom stereocenters. The third kappa shape index (κ3) is 4.36. The van der Waals surface area contributed by atoms with Crippen molar-refractivity contribution in [3.63, 3.8) is 0 Å². The highest BCUT2D eigenvalue weighted by molar-refractivity contribution is 7.98. The number of nitrogens with zero attached hydrogens (tertiary/aromatic N) is 1. The first-order valence-electron chi connectivity index (χ1n) is 8.32. The molecule has 2 aromatic carbocycles. The van der Waals surface area contributed by atoms with Gasteiger partial charge in [0.05, 0.1) is 6.10 Å². The molecule has 26 heavy (non-hydrogen) atoms. The van der Waals surface area contributed by atoms with Gasteiger partial charge < -0.3 is 20.6 Å². The fraction of sp³-hybridized carbons (Fsp3) is 0.263. The van der Waals surface area contributed by atoms with Crippen LogP contribution < -0.4 is 10.6 Å². The van der Waals surface area contributed by atoms with Gasteiger partial charge in [-0.05, 0) is 42.7 Å². The van der Waals surface area contributed by atoms with Crippen LogP contribution in [0.1, 0.15) is 6.42 Å². The summed E-state index contributed by atoms with van der Waals surface area (Å²) >= 11 is 1.62. The molecule has 2 unspecified atom stereocenters. The number of thioether (sulfide) groups is 1. The van der Waals surface area contributed by atoms with Gasteiger partial charge in [-0.15, -0.1) is 11.8 Å². The van der Waals surface area contributed by atoms with Crippen LogP contribution in [0.5, 0.6) is 0 Å². The summed E-state index contributed by atoms with van der Waals surface area (Å²) in [7, 11) is 0. The molecule has 1 heterocycles. The SMILES string of the molecule is CSc1ccc(NC(=O)C2CC(O)CN2C(=O)Nc2ccccc2)cc1. The molecule has 1 fully saturated rings. The average Bonchev–Trinajstić information content (AvgIpc) is 3.05. The van der Waals surface area contributed by atoms with Crippen LogP contribution in [0.15, 0.2) is 59.5 Å². The van der Waals surface area contributed by atoms with E-state index in [9.17, 15) is 14.7 Å². The molecular formula is C19H21N3O3S. The minimum Gasteiger partial charge on any atom is -0.391 e. The van der Waals surface area contributed by atoms with Crippen molar-refractivity contribution in [3.05, 3.63) is 54.6 Å². The summed E-state index contributed by atoms with van der Waals surface area (Å²) in [5.74, 6) is -0.304. The summed E-state index contributed by atoms with van der Waals surface area (Å²) in [6.45, 7) is 0.127. The number of aliphatic hydroxyl groups is 1. The molecule has 0 bridgehead atoms. The highest BCUT2D eigenvalue weighted by atomic mass is 32.2. The van der Waals surface area contributed by atoms with E-state index in [1.165, 1.54) is 4.90 Å². The molecule has 1 saturated heterocycles. The van der Waals surface area contributed by atoms with Gasteiger partial charge in [0.15, 0.2) is 0 Å². The van der Waals surface area contributed by atoms with Gasteiger partial charge in [-0.25, -0.2) is 4.79 Å². The number of carbonyl (C=O) groups excluding carboxylic acids is 2. The van der Waals surface area contributed by atoms with Crippen molar-refractivity contribution in [1.82, 2.24) is 4.90 Å². The van der Waals surface area contributed by atoms with Gasteiger partial charge in [0.2, 0.25) is 5.91 Å². The molecule has 7 heteroatoms. The number of likely N-dealkylation sites (tertiary alicyclic amines) is 1. The molecule has 3 rings (SSSR count). The third-order valence-corrected chi connectivity index (χ3v) is 4.97. The lowest BCUT2D eigenvalue weighted by Crippen LogP contribution is -2.45. The normalized spacial score (nSPS) is 19.2. The first kappa shape index (κ1) is 18.3. The van der Waals surface area contributed by atoms with Crippen molar-refractivity contribution in [1.29, 1.82) is 0 Å². The molecule has 0 aliphatic carbocycles. The van der Waals surface area contributed by atoms with Crippen LogP contribution in [0.4, 0.5) is 16.2 Å². The van der Waals surface area contributed by atoms with Gasteiger partial charge in [0, 0.05) is 29.2 Å². The number of rotatable bonds is 4. The Morgan fingerprint density at radius 3 is 2.35 bits per heavy atom. The Balaban J connectivity index is 1.67. The average molecular weight is 371 g/mol. The molecular weight excluding hydrogens is 350 g/mol. The molecule has 1 aliphatic heterocycles. The molecule has 0 aromatic heterocycles. The maximum Gasteiger partial charge on any atom is 0.322 e. The quantitative estimate of drug-likeness (QED) is 0.722. The van der Waals surface area contributed by atoms with E-state index in [0.29, 0.717) is 11.4 Å². The van der Waals surface area contributed by atoms with Gasteiger partial charge in [0.25, 0.3) is 0 Å². The maximum absolute atomic E-state index is 12.6. The Hall–Kier alpha value is -2.51. The summed E-state index contributed by atoms with van der Waals surface area (Å²) in [6.07, 6.45) is 1.49. The van der Waals surface area contributed by atoms with Crippen molar-refractivity contribution in [2.75, 3.05) is 23.4 Å².